The third kappa shape index (κ3) is 3.72. The van der Waals surface area contributed by atoms with E-state index in [-0.39, 0.29) is 0 Å². The van der Waals surface area contributed by atoms with E-state index in [1.807, 2.05) is 18.2 Å². The predicted octanol–water partition coefficient (Wildman–Crippen LogP) is 2.39. The van der Waals surface area contributed by atoms with E-state index in [9.17, 15) is 5.11 Å². The standard InChI is InChI=1S/C14H21NO2/c1-15(11-13-7-4-5-9-17-13)10-12-6-2-3-8-14(12)16/h2-3,6,8,13,16H,4-5,7,9-11H2,1H3. The lowest BCUT2D eigenvalue weighted by Gasteiger charge is -2.27. The Balaban J connectivity index is 1.84. The fourth-order valence-electron chi connectivity index (χ4n) is 2.30. The zero-order valence-corrected chi connectivity index (χ0v) is 10.4. The maximum atomic E-state index is 9.71. The van der Waals surface area contributed by atoms with Gasteiger partial charge in [-0.15, -0.1) is 0 Å². The van der Waals surface area contributed by atoms with Crippen molar-refractivity contribution in [3.63, 3.8) is 0 Å². The number of phenols is 1. The minimum absolute atomic E-state index is 0.361. The first-order chi connectivity index (χ1) is 8.25. The molecular formula is C14H21NO2. The van der Waals surface area contributed by atoms with Crippen molar-refractivity contribution >= 4 is 0 Å². The van der Waals surface area contributed by atoms with Gasteiger partial charge < -0.3 is 9.84 Å². The molecule has 3 heteroatoms. The van der Waals surface area contributed by atoms with Gasteiger partial charge in [-0.25, -0.2) is 0 Å². The average Bonchev–Trinajstić information content (AvgIpc) is 2.33. The Morgan fingerprint density at radius 2 is 2.18 bits per heavy atom. The summed E-state index contributed by atoms with van der Waals surface area (Å²) in [5.41, 5.74) is 0.978. The SMILES string of the molecule is CN(Cc1ccccc1O)CC1CCCCO1. The summed E-state index contributed by atoms with van der Waals surface area (Å²) in [6.45, 7) is 2.61. The largest absolute Gasteiger partial charge is 0.508 e. The molecule has 0 radical (unpaired) electrons. The summed E-state index contributed by atoms with van der Waals surface area (Å²) in [4.78, 5) is 2.21. The van der Waals surface area contributed by atoms with Gasteiger partial charge in [0.2, 0.25) is 0 Å². The number of benzene rings is 1. The van der Waals surface area contributed by atoms with Crippen molar-refractivity contribution in [2.75, 3.05) is 20.2 Å². The minimum Gasteiger partial charge on any atom is -0.508 e. The van der Waals surface area contributed by atoms with Crippen LogP contribution in [-0.4, -0.2) is 36.3 Å². The van der Waals surface area contributed by atoms with E-state index in [2.05, 4.69) is 11.9 Å². The molecule has 1 N–H and O–H groups in total. The Morgan fingerprint density at radius 1 is 1.35 bits per heavy atom. The molecule has 0 spiro atoms. The number of likely N-dealkylation sites (N-methyl/N-ethyl adjacent to an activating group) is 1. The topological polar surface area (TPSA) is 32.7 Å². The number of rotatable bonds is 4. The van der Waals surface area contributed by atoms with Crippen molar-refractivity contribution in [1.29, 1.82) is 0 Å². The number of aromatic hydroxyl groups is 1. The molecule has 0 aromatic heterocycles. The molecule has 1 saturated heterocycles. The molecule has 1 aliphatic rings. The van der Waals surface area contributed by atoms with Crippen molar-refractivity contribution in [2.24, 2.45) is 0 Å². The van der Waals surface area contributed by atoms with Crippen molar-refractivity contribution in [2.45, 2.75) is 31.9 Å². The molecule has 0 aliphatic carbocycles. The summed E-state index contributed by atoms with van der Waals surface area (Å²) in [6.07, 6.45) is 3.99. The molecule has 1 fully saturated rings. The molecule has 0 saturated carbocycles. The summed E-state index contributed by atoms with van der Waals surface area (Å²) in [5, 5.41) is 9.71. The van der Waals surface area contributed by atoms with E-state index < -0.39 is 0 Å². The summed E-state index contributed by atoms with van der Waals surface area (Å²) in [6, 6.07) is 7.51. The third-order valence-corrected chi connectivity index (χ3v) is 3.22. The quantitative estimate of drug-likeness (QED) is 0.869. The molecule has 1 aromatic rings. The Hall–Kier alpha value is -1.06. The predicted molar refractivity (Wildman–Crippen MR) is 68.0 cm³/mol. The Labute approximate surface area is 103 Å². The maximum absolute atomic E-state index is 9.71. The Bertz CT molecular complexity index is 348. The molecule has 1 atom stereocenters. The van der Waals surface area contributed by atoms with Gasteiger partial charge in [0.1, 0.15) is 5.75 Å². The van der Waals surface area contributed by atoms with Crippen molar-refractivity contribution < 1.29 is 9.84 Å². The summed E-state index contributed by atoms with van der Waals surface area (Å²) in [5.74, 6) is 0.379. The highest BCUT2D eigenvalue weighted by atomic mass is 16.5. The summed E-state index contributed by atoms with van der Waals surface area (Å²) >= 11 is 0. The first kappa shape index (κ1) is 12.4. The van der Waals surface area contributed by atoms with E-state index in [4.69, 9.17) is 4.74 Å². The van der Waals surface area contributed by atoms with Gasteiger partial charge in [-0.3, -0.25) is 4.90 Å². The molecule has 2 rings (SSSR count). The highest BCUT2D eigenvalue weighted by Crippen LogP contribution is 2.19. The number of nitrogens with zero attached hydrogens (tertiary/aromatic N) is 1. The molecule has 1 aromatic carbocycles. The van der Waals surface area contributed by atoms with Crippen LogP contribution in [0.4, 0.5) is 0 Å². The van der Waals surface area contributed by atoms with Crippen molar-refractivity contribution in [3.8, 4) is 5.75 Å². The van der Waals surface area contributed by atoms with E-state index in [0.717, 1.165) is 31.7 Å². The summed E-state index contributed by atoms with van der Waals surface area (Å²) in [7, 11) is 2.07. The van der Waals surface area contributed by atoms with Crippen LogP contribution in [0.15, 0.2) is 24.3 Å². The fourth-order valence-corrected chi connectivity index (χ4v) is 2.30. The van der Waals surface area contributed by atoms with E-state index in [1.165, 1.54) is 12.8 Å². The highest BCUT2D eigenvalue weighted by molar-refractivity contribution is 5.31. The fraction of sp³-hybridized carbons (Fsp3) is 0.571. The Kier molecular flexibility index (Phi) is 4.40. The van der Waals surface area contributed by atoms with Crippen LogP contribution >= 0.6 is 0 Å². The van der Waals surface area contributed by atoms with Gasteiger partial charge in [0.25, 0.3) is 0 Å². The van der Waals surface area contributed by atoms with Crippen LogP contribution < -0.4 is 0 Å². The molecule has 0 bridgehead atoms. The summed E-state index contributed by atoms with van der Waals surface area (Å²) < 4.78 is 5.71. The van der Waals surface area contributed by atoms with E-state index in [1.54, 1.807) is 6.07 Å². The maximum Gasteiger partial charge on any atom is 0.120 e. The van der Waals surface area contributed by atoms with Gasteiger partial charge in [-0.1, -0.05) is 18.2 Å². The lowest BCUT2D eigenvalue weighted by molar-refractivity contribution is -0.00267. The lowest BCUT2D eigenvalue weighted by atomic mass is 10.1. The molecule has 0 amide bonds. The van der Waals surface area contributed by atoms with Gasteiger partial charge in [-0.05, 0) is 32.4 Å². The number of hydrogen-bond acceptors (Lipinski definition) is 3. The van der Waals surface area contributed by atoms with Crippen molar-refractivity contribution in [1.82, 2.24) is 4.90 Å². The molecular weight excluding hydrogens is 214 g/mol. The second kappa shape index (κ2) is 6.03. The smallest absolute Gasteiger partial charge is 0.120 e. The van der Waals surface area contributed by atoms with Crippen LogP contribution in [0.25, 0.3) is 0 Å². The first-order valence-electron chi connectivity index (χ1n) is 6.33. The molecule has 1 aliphatic heterocycles. The van der Waals surface area contributed by atoms with Crippen LogP contribution in [0.3, 0.4) is 0 Å². The number of phenolic OH excluding ortho intramolecular Hbond substituents is 1. The van der Waals surface area contributed by atoms with Crippen LogP contribution in [-0.2, 0) is 11.3 Å². The number of para-hydroxylation sites is 1. The van der Waals surface area contributed by atoms with Crippen LogP contribution in [0, 0.1) is 0 Å². The van der Waals surface area contributed by atoms with Crippen molar-refractivity contribution in [3.05, 3.63) is 29.8 Å². The second-order valence-corrected chi connectivity index (χ2v) is 4.81. The Morgan fingerprint density at radius 3 is 2.88 bits per heavy atom. The van der Waals surface area contributed by atoms with Crippen LogP contribution in [0.2, 0.25) is 0 Å². The monoisotopic (exact) mass is 235 g/mol. The third-order valence-electron chi connectivity index (χ3n) is 3.22. The molecule has 3 nitrogen and oxygen atoms in total. The molecule has 1 heterocycles. The van der Waals surface area contributed by atoms with Gasteiger partial charge in [0, 0.05) is 25.3 Å². The van der Waals surface area contributed by atoms with Gasteiger partial charge in [0.15, 0.2) is 0 Å². The van der Waals surface area contributed by atoms with Gasteiger partial charge >= 0.3 is 0 Å². The van der Waals surface area contributed by atoms with Crippen LogP contribution in [0.5, 0.6) is 5.75 Å². The second-order valence-electron chi connectivity index (χ2n) is 4.81. The highest BCUT2D eigenvalue weighted by Gasteiger charge is 2.16. The van der Waals surface area contributed by atoms with Gasteiger partial charge in [0.05, 0.1) is 6.10 Å². The molecule has 94 valence electrons. The number of ether oxygens (including phenoxy) is 1. The van der Waals surface area contributed by atoms with Crippen LogP contribution in [0.1, 0.15) is 24.8 Å². The minimum atomic E-state index is 0.361. The lowest BCUT2D eigenvalue weighted by Crippen LogP contribution is -2.33. The van der Waals surface area contributed by atoms with E-state index in [0.29, 0.717) is 11.9 Å². The zero-order valence-electron chi connectivity index (χ0n) is 10.4. The normalized spacial score (nSPS) is 20.7. The molecule has 17 heavy (non-hydrogen) atoms. The first-order valence-corrected chi connectivity index (χ1v) is 6.33. The average molecular weight is 235 g/mol. The zero-order chi connectivity index (χ0) is 12.1. The molecule has 1 unspecified atom stereocenters. The van der Waals surface area contributed by atoms with E-state index >= 15 is 0 Å². The van der Waals surface area contributed by atoms with Gasteiger partial charge in [-0.2, -0.15) is 0 Å². The number of hydrogen-bond donors (Lipinski definition) is 1.